The van der Waals surface area contributed by atoms with Crippen LogP contribution in [0, 0.1) is 6.92 Å². The molecule has 3 rings (SSSR count). The molecule has 0 fully saturated rings. The maximum atomic E-state index is 11.9. The van der Waals surface area contributed by atoms with Crippen molar-refractivity contribution in [2.75, 3.05) is 0 Å². The van der Waals surface area contributed by atoms with Crippen molar-refractivity contribution in [3.63, 3.8) is 0 Å². The molecule has 0 bridgehead atoms. The third-order valence-corrected chi connectivity index (χ3v) is 3.90. The number of amides is 1. The molecular formula is C18H15BrN6O2. The molecule has 8 nitrogen and oxygen atoms in total. The zero-order valence-corrected chi connectivity index (χ0v) is 15.8. The molecule has 3 N–H and O–H groups in total. The van der Waals surface area contributed by atoms with E-state index in [4.69, 9.17) is 0 Å². The van der Waals surface area contributed by atoms with Crippen molar-refractivity contribution >= 4 is 39.4 Å². The van der Waals surface area contributed by atoms with E-state index in [0.717, 1.165) is 10.2 Å². The van der Waals surface area contributed by atoms with Crippen LogP contribution in [0.2, 0.25) is 0 Å². The summed E-state index contributed by atoms with van der Waals surface area (Å²) >= 11 is 3.37. The minimum atomic E-state index is -0.458. The number of aromatic nitrogens is 2. The van der Waals surface area contributed by atoms with Gasteiger partial charge in [-0.15, -0.1) is 0 Å². The van der Waals surface area contributed by atoms with Crippen LogP contribution >= 0.6 is 15.9 Å². The van der Waals surface area contributed by atoms with Gasteiger partial charge in [0.1, 0.15) is 5.75 Å². The number of nitrogens with zero attached hydrogens (tertiary/aromatic N) is 4. The fourth-order valence-corrected chi connectivity index (χ4v) is 2.50. The predicted octanol–water partition coefficient (Wildman–Crippen LogP) is 4.37. The van der Waals surface area contributed by atoms with Crippen LogP contribution in [-0.4, -0.2) is 27.4 Å². The summed E-state index contributed by atoms with van der Waals surface area (Å²) < 4.78 is 0.903. The van der Waals surface area contributed by atoms with Crippen LogP contribution in [0.5, 0.6) is 5.75 Å². The molecule has 27 heavy (non-hydrogen) atoms. The Bertz CT molecular complexity index is 1030. The Kier molecular flexibility index (Phi) is 5.72. The molecule has 1 heterocycles. The van der Waals surface area contributed by atoms with E-state index in [1.54, 1.807) is 25.1 Å². The van der Waals surface area contributed by atoms with E-state index in [2.05, 4.69) is 46.9 Å². The summed E-state index contributed by atoms with van der Waals surface area (Å²) in [4.78, 5) is 11.9. The summed E-state index contributed by atoms with van der Waals surface area (Å²) in [6.07, 6.45) is 1.32. The lowest BCUT2D eigenvalue weighted by molar-refractivity contribution is 0.0950. The van der Waals surface area contributed by atoms with E-state index in [1.165, 1.54) is 12.3 Å². The average Bonchev–Trinajstić information content (AvgIpc) is 3.08. The van der Waals surface area contributed by atoms with Gasteiger partial charge in [0.25, 0.3) is 5.91 Å². The number of azo groups is 1. The van der Waals surface area contributed by atoms with E-state index >= 15 is 0 Å². The second-order valence-electron chi connectivity index (χ2n) is 5.56. The van der Waals surface area contributed by atoms with E-state index in [9.17, 15) is 9.90 Å². The topological polar surface area (TPSA) is 115 Å². The van der Waals surface area contributed by atoms with Gasteiger partial charge in [0.05, 0.1) is 17.6 Å². The first-order chi connectivity index (χ1) is 13.0. The number of carbonyl (C=O) groups excluding carboxylic acids is 1. The summed E-state index contributed by atoms with van der Waals surface area (Å²) in [7, 11) is 0. The summed E-state index contributed by atoms with van der Waals surface area (Å²) in [5.74, 6) is -0.453. The van der Waals surface area contributed by atoms with Crippen LogP contribution in [0.15, 0.2) is 68.3 Å². The first-order valence-electron chi connectivity index (χ1n) is 7.87. The molecule has 2 aromatic carbocycles. The Balaban J connectivity index is 1.70. The maximum absolute atomic E-state index is 11.9. The second kappa shape index (κ2) is 8.37. The van der Waals surface area contributed by atoms with Crippen LogP contribution < -0.4 is 5.43 Å². The van der Waals surface area contributed by atoms with Gasteiger partial charge in [-0.2, -0.15) is 20.4 Å². The highest BCUT2D eigenvalue weighted by atomic mass is 79.9. The van der Waals surface area contributed by atoms with E-state index < -0.39 is 5.91 Å². The molecule has 0 aliphatic carbocycles. The van der Waals surface area contributed by atoms with Crippen molar-refractivity contribution in [3.8, 4) is 5.75 Å². The second-order valence-corrected chi connectivity index (χ2v) is 6.47. The van der Waals surface area contributed by atoms with Crippen LogP contribution in [0.1, 0.15) is 21.7 Å². The number of hydrogen-bond acceptors (Lipinski definition) is 6. The number of aromatic amines is 1. The van der Waals surface area contributed by atoms with Gasteiger partial charge in [-0.3, -0.25) is 9.89 Å². The number of aromatic hydroxyl groups is 1. The number of carbonyl (C=O) groups is 1. The number of halogens is 1. The Morgan fingerprint density at radius 3 is 2.67 bits per heavy atom. The lowest BCUT2D eigenvalue weighted by Gasteiger charge is -2.00. The Morgan fingerprint density at radius 2 is 1.96 bits per heavy atom. The first kappa shape index (κ1) is 18.5. The molecule has 0 unspecified atom stereocenters. The number of nitrogens with one attached hydrogen (secondary N) is 2. The molecule has 0 atom stereocenters. The molecule has 0 spiro atoms. The van der Waals surface area contributed by atoms with Crippen LogP contribution in [-0.2, 0) is 0 Å². The van der Waals surface area contributed by atoms with Gasteiger partial charge in [-0.25, -0.2) is 5.43 Å². The number of hydrogen-bond donors (Lipinski definition) is 3. The molecule has 0 saturated carbocycles. The predicted molar refractivity (Wildman–Crippen MR) is 105 cm³/mol. The standard InChI is InChI=1S/C18H15BrN6O2/c1-11-7-16(24-21-11)18(27)25-20-10-12-8-15(5-6-17(12)26)23-22-14-4-2-3-13(19)9-14/h2-10,26H,1H3,(H,21,24)(H,25,27)/b20-10-,23-22?. The zero-order valence-electron chi connectivity index (χ0n) is 14.2. The van der Waals surface area contributed by atoms with Gasteiger partial charge < -0.3 is 5.11 Å². The largest absolute Gasteiger partial charge is 0.507 e. The highest BCUT2D eigenvalue weighted by molar-refractivity contribution is 9.10. The average molecular weight is 427 g/mol. The molecule has 0 saturated heterocycles. The van der Waals surface area contributed by atoms with Crippen molar-refractivity contribution in [2.24, 2.45) is 15.3 Å². The number of H-pyrrole nitrogens is 1. The molecule has 3 aromatic rings. The van der Waals surface area contributed by atoms with Gasteiger partial charge in [-0.1, -0.05) is 22.0 Å². The van der Waals surface area contributed by atoms with Gasteiger partial charge in [0, 0.05) is 15.7 Å². The third kappa shape index (κ3) is 5.08. The van der Waals surface area contributed by atoms with Crippen molar-refractivity contribution in [1.82, 2.24) is 15.6 Å². The highest BCUT2D eigenvalue weighted by Gasteiger charge is 2.07. The molecule has 0 aliphatic rings. The number of benzene rings is 2. The first-order valence-corrected chi connectivity index (χ1v) is 8.66. The van der Waals surface area contributed by atoms with Crippen molar-refractivity contribution < 1.29 is 9.90 Å². The maximum Gasteiger partial charge on any atom is 0.291 e. The SMILES string of the molecule is Cc1cc(C(=O)N/N=C\c2cc(N=Nc3cccc(Br)c3)ccc2O)n[nH]1. The number of phenolic OH excluding ortho intramolecular Hbond substituents is 1. The minimum absolute atomic E-state index is 0.00465. The summed E-state index contributed by atoms with van der Waals surface area (Å²) in [6.45, 7) is 1.79. The minimum Gasteiger partial charge on any atom is -0.507 e. The fraction of sp³-hybridized carbons (Fsp3) is 0.0556. The lowest BCUT2D eigenvalue weighted by Crippen LogP contribution is -2.18. The number of phenols is 1. The van der Waals surface area contributed by atoms with E-state index in [0.29, 0.717) is 16.9 Å². The monoisotopic (exact) mass is 426 g/mol. The Labute approximate surface area is 163 Å². The fourth-order valence-electron chi connectivity index (χ4n) is 2.11. The zero-order chi connectivity index (χ0) is 19.2. The Hall–Kier alpha value is -3.33. The van der Waals surface area contributed by atoms with Crippen molar-refractivity contribution in [2.45, 2.75) is 6.92 Å². The molecular weight excluding hydrogens is 412 g/mol. The van der Waals surface area contributed by atoms with Crippen LogP contribution in [0.25, 0.3) is 0 Å². The third-order valence-electron chi connectivity index (χ3n) is 3.41. The van der Waals surface area contributed by atoms with Gasteiger partial charge in [0.15, 0.2) is 5.69 Å². The Morgan fingerprint density at radius 1 is 1.19 bits per heavy atom. The lowest BCUT2D eigenvalue weighted by atomic mass is 10.2. The summed E-state index contributed by atoms with van der Waals surface area (Å²) in [5.41, 5.74) is 4.95. The van der Waals surface area contributed by atoms with Crippen LogP contribution in [0.4, 0.5) is 11.4 Å². The van der Waals surface area contributed by atoms with Gasteiger partial charge >= 0.3 is 0 Å². The van der Waals surface area contributed by atoms with E-state index in [1.807, 2.05) is 24.3 Å². The molecule has 1 aromatic heterocycles. The number of hydrazone groups is 1. The number of rotatable bonds is 5. The molecule has 136 valence electrons. The molecule has 9 heteroatoms. The van der Waals surface area contributed by atoms with Crippen LogP contribution in [0.3, 0.4) is 0 Å². The van der Waals surface area contributed by atoms with Gasteiger partial charge in [0.2, 0.25) is 0 Å². The van der Waals surface area contributed by atoms with E-state index in [-0.39, 0.29) is 11.4 Å². The van der Waals surface area contributed by atoms with Gasteiger partial charge in [-0.05, 0) is 49.4 Å². The normalized spacial score (nSPS) is 11.3. The quantitative estimate of drug-likeness (QED) is 0.319. The molecule has 0 aliphatic heterocycles. The van der Waals surface area contributed by atoms with Crippen molar-refractivity contribution in [3.05, 3.63) is 70.0 Å². The smallest absolute Gasteiger partial charge is 0.291 e. The summed E-state index contributed by atoms with van der Waals surface area (Å²) in [5, 5.41) is 28.6. The molecule has 1 amide bonds. The highest BCUT2D eigenvalue weighted by Crippen LogP contribution is 2.25. The number of aryl methyl sites for hydroxylation is 1. The summed E-state index contributed by atoms with van der Waals surface area (Å²) in [6, 6.07) is 13.7. The van der Waals surface area contributed by atoms with Crippen molar-refractivity contribution in [1.29, 1.82) is 0 Å². The molecule has 0 radical (unpaired) electrons.